The number of nitrogens with one attached hydrogen (secondary N) is 2. The first-order valence-corrected chi connectivity index (χ1v) is 10.2. The average Bonchev–Trinajstić information content (AvgIpc) is 3.26. The minimum Gasteiger partial charge on any atom is -0.361 e. The van der Waals surface area contributed by atoms with Gasteiger partial charge in [0.15, 0.2) is 5.96 Å². The third-order valence-corrected chi connectivity index (χ3v) is 5.31. The van der Waals surface area contributed by atoms with Gasteiger partial charge in [0, 0.05) is 49.9 Å². The van der Waals surface area contributed by atoms with Crippen LogP contribution in [0.1, 0.15) is 43.2 Å². The number of rotatable bonds is 6. The Kier molecular flexibility index (Phi) is 6.78. The number of guanidine groups is 1. The molecule has 0 aliphatic carbocycles. The molecule has 0 bridgehead atoms. The van der Waals surface area contributed by atoms with E-state index in [1.165, 1.54) is 0 Å². The molecule has 3 rings (SSSR count). The summed E-state index contributed by atoms with van der Waals surface area (Å²) in [4.78, 5) is 11.4. The van der Waals surface area contributed by atoms with Crippen molar-refractivity contribution in [3.05, 3.63) is 40.4 Å². The second kappa shape index (κ2) is 9.28. The lowest BCUT2D eigenvalue weighted by molar-refractivity contribution is 0.391. The van der Waals surface area contributed by atoms with Crippen molar-refractivity contribution >= 4 is 23.4 Å². The first-order valence-electron chi connectivity index (χ1n) is 9.82. The minimum absolute atomic E-state index is 0.245. The van der Waals surface area contributed by atoms with Crippen molar-refractivity contribution in [1.29, 1.82) is 0 Å². The molecule has 2 aromatic heterocycles. The minimum atomic E-state index is 0.245. The van der Waals surface area contributed by atoms with Gasteiger partial charge in [-0.05, 0) is 39.3 Å². The topological polar surface area (TPSA) is 78.6 Å². The van der Waals surface area contributed by atoms with E-state index < -0.39 is 0 Å². The Morgan fingerprint density at radius 3 is 2.96 bits per heavy atom. The lowest BCUT2D eigenvalue weighted by atomic mass is 10.00. The molecule has 2 N–H and O–H groups in total. The summed E-state index contributed by atoms with van der Waals surface area (Å²) >= 11 is 6.29. The van der Waals surface area contributed by atoms with E-state index in [0.717, 1.165) is 54.9 Å². The lowest BCUT2D eigenvalue weighted by Gasteiger charge is -2.20. The highest BCUT2D eigenvalue weighted by atomic mass is 35.5. The van der Waals surface area contributed by atoms with Gasteiger partial charge in [-0.3, -0.25) is 4.99 Å². The molecule has 0 radical (unpaired) electrons. The predicted molar refractivity (Wildman–Crippen MR) is 113 cm³/mol. The third kappa shape index (κ3) is 4.76. The van der Waals surface area contributed by atoms with Gasteiger partial charge >= 0.3 is 0 Å². The molecular formula is C20H29ClN6O. The molecule has 152 valence electrons. The SMILES string of the molecule is CCNC(=NCC(C)c1c(C)noc1C)NC1CCN(c2ncccc2Cl)C1. The number of anilines is 1. The van der Waals surface area contributed by atoms with E-state index in [1.54, 1.807) is 6.20 Å². The maximum atomic E-state index is 6.29. The van der Waals surface area contributed by atoms with Crippen LogP contribution in [0.15, 0.2) is 27.8 Å². The molecule has 2 aromatic rings. The molecule has 7 nitrogen and oxygen atoms in total. The van der Waals surface area contributed by atoms with Gasteiger partial charge in [0.2, 0.25) is 0 Å². The first-order chi connectivity index (χ1) is 13.5. The van der Waals surface area contributed by atoms with Crippen molar-refractivity contribution in [3.63, 3.8) is 0 Å². The molecule has 1 fully saturated rings. The Hall–Kier alpha value is -2.28. The van der Waals surface area contributed by atoms with Gasteiger partial charge in [-0.2, -0.15) is 0 Å². The second-order valence-electron chi connectivity index (χ2n) is 7.24. The summed E-state index contributed by atoms with van der Waals surface area (Å²) in [6.45, 7) is 11.4. The van der Waals surface area contributed by atoms with Crippen LogP contribution < -0.4 is 15.5 Å². The maximum absolute atomic E-state index is 6.29. The largest absolute Gasteiger partial charge is 0.361 e. The number of hydrogen-bond acceptors (Lipinski definition) is 5. The molecule has 0 amide bonds. The third-order valence-electron chi connectivity index (χ3n) is 5.02. The molecule has 3 heterocycles. The highest BCUT2D eigenvalue weighted by molar-refractivity contribution is 6.32. The molecule has 0 saturated carbocycles. The Bertz CT molecular complexity index is 801. The second-order valence-corrected chi connectivity index (χ2v) is 7.65. The van der Waals surface area contributed by atoms with Crippen LogP contribution in [0.4, 0.5) is 5.82 Å². The van der Waals surface area contributed by atoms with Crippen LogP contribution in [0.25, 0.3) is 0 Å². The van der Waals surface area contributed by atoms with Crippen LogP contribution in [-0.4, -0.2) is 48.3 Å². The molecule has 0 spiro atoms. The van der Waals surface area contributed by atoms with Gasteiger partial charge in [-0.1, -0.05) is 23.7 Å². The van der Waals surface area contributed by atoms with Crippen LogP contribution >= 0.6 is 11.6 Å². The lowest BCUT2D eigenvalue weighted by Crippen LogP contribution is -2.44. The van der Waals surface area contributed by atoms with Crippen molar-refractivity contribution in [1.82, 2.24) is 20.8 Å². The fraction of sp³-hybridized carbons (Fsp3) is 0.550. The molecule has 2 unspecified atom stereocenters. The van der Waals surface area contributed by atoms with Crippen molar-refractivity contribution in [2.75, 3.05) is 31.1 Å². The molecule has 28 heavy (non-hydrogen) atoms. The Labute approximate surface area is 171 Å². The molecule has 0 aromatic carbocycles. The summed E-state index contributed by atoms with van der Waals surface area (Å²) in [6, 6.07) is 4.03. The van der Waals surface area contributed by atoms with Crippen molar-refractivity contribution in [2.24, 2.45) is 4.99 Å². The summed E-state index contributed by atoms with van der Waals surface area (Å²) in [5, 5.41) is 11.6. The zero-order valence-corrected chi connectivity index (χ0v) is 17.8. The molecular weight excluding hydrogens is 376 g/mol. The van der Waals surface area contributed by atoms with Crippen LogP contribution in [0, 0.1) is 13.8 Å². The number of aliphatic imine (C=N–C) groups is 1. The molecule has 1 aliphatic rings. The Balaban J connectivity index is 1.62. The molecule has 1 aliphatic heterocycles. The standard InChI is InChI=1S/C20H29ClN6O/c1-5-22-20(24-11-13(2)18-14(3)26-28-15(18)4)25-16-8-10-27(12-16)19-17(21)7-6-9-23-19/h6-7,9,13,16H,5,8,10-12H2,1-4H3,(H2,22,24,25). The predicted octanol–water partition coefficient (Wildman–Crippen LogP) is 3.28. The number of halogens is 1. The summed E-state index contributed by atoms with van der Waals surface area (Å²) in [5.41, 5.74) is 2.09. The van der Waals surface area contributed by atoms with Crippen LogP contribution in [-0.2, 0) is 0 Å². The number of aromatic nitrogens is 2. The van der Waals surface area contributed by atoms with E-state index in [4.69, 9.17) is 21.1 Å². The zero-order chi connectivity index (χ0) is 20.1. The smallest absolute Gasteiger partial charge is 0.191 e. The van der Waals surface area contributed by atoms with Crippen molar-refractivity contribution in [2.45, 2.75) is 46.1 Å². The van der Waals surface area contributed by atoms with E-state index in [0.29, 0.717) is 17.6 Å². The highest BCUT2D eigenvalue weighted by Crippen LogP contribution is 2.26. The van der Waals surface area contributed by atoms with Crippen LogP contribution in [0.3, 0.4) is 0 Å². The van der Waals surface area contributed by atoms with Gasteiger partial charge < -0.3 is 20.1 Å². The molecule has 2 atom stereocenters. The summed E-state index contributed by atoms with van der Waals surface area (Å²) in [5.74, 6) is 2.80. The summed E-state index contributed by atoms with van der Waals surface area (Å²) in [6.07, 6.45) is 2.79. The first kappa shape index (κ1) is 20.5. The van der Waals surface area contributed by atoms with Gasteiger partial charge in [0.1, 0.15) is 11.6 Å². The summed E-state index contributed by atoms with van der Waals surface area (Å²) < 4.78 is 5.29. The van der Waals surface area contributed by atoms with E-state index in [2.05, 4.69) is 39.5 Å². The van der Waals surface area contributed by atoms with Crippen LogP contribution in [0.2, 0.25) is 5.02 Å². The monoisotopic (exact) mass is 404 g/mol. The van der Waals surface area contributed by atoms with E-state index in [1.807, 2.05) is 26.0 Å². The van der Waals surface area contributed by atoms with Crippen LogP contribution in [0.5, 0.6) is 0 Å². The van der Waals surface area contributed by atoms with Gasteiger partial charge in [-0.25, -0.2) is 4.98 Å². The molecule has 8 heteroatoms. The summed E-state index contributed by atoms with van der Waals surface area (Å²) in [7, 11) is 0. The molecule has 1 saturated heterocycles. The Morgan fingerprint density at radius 2 is 2.29 bits per heavy atom. The number of pyridine rings is 1. The van der Waals surface area contributed by atoms with E-state index in [-0.39, 0.29) is 5.92 Å². The van der Waals surface area contributed by atoms with Gasteiger partial charge in [0.05, 0.1) is 10.7 Å². The van der Waals surface area contributed by atoms with E-state index in [9.17, 15) is 0 Å². The maximum Gasteiger partial charge on any atom is 0.191 e. The van der Waals surface area contributed by atoms with E-state index >= 15 is 0 Å². The number of nitrogens with zero attached hydrogens (tertiary/aromatic N) is 4. The van der Waals surface area contributed by atoms with Gasteiger partial charge in [-0.15, -0.1) is 0 Å². The highest BCUT2D eigenvalue weighted by Gasteiger charge is 2.25. The number of aryl methyl sites for hydroxylation is 2. The van der Waals surface area contributed by atoms with Gasteiger partial charge in [0.25, 0.3) is 0 Å². The fourth-order valence-electron chi connectivity index (χ4n) is 3.71. The number of hydrogen-bond donors (Lipinski definition) is 2. The quantitative estimate of drug-likeness (QED) is 0.568. The van der Waals surface area contributed by atoms with Crippen molar-refractivity contribution < 1.29 is 4.52 Å². The van der Waals surface area contributed by atoms with Crippen molar-refractivity contribution in [3.8, 4) is 0 Å². The zero-order valence-electron chi connectivity index (χ0n) is 17.0. The Morgan fingerprint density at radius 1 is 1.46 bits per heavy atom. The normalized spacial score (nSPS) is 18.4. The fourth-order valence-corrected chi connectivity index (χ4v) is 3.95. The average molecular weight is 405 g/mol.